The van der Waals surface area contributed by atoms with Crippen LogP contribution in [0.15, 0.2) is 5.38 Å². The smallest absolute Gasteiger partial charge is 0.314 e. The van der Waals surface area contributed by atoms with Crippen molar-refractivity contribution >= 4 is 11.3 Å². The van der Waals surface area contributed by atoms with Crippen molar-refractivity contribution in [1.29, 1.82) is 0 Å². The van der Waals surface area contributed by atoms with Gasteiger partial charge in [-0.2, -0.15) is 13.2 Å². The minimum atomic E-state index is -4.20. The standard InChI is InChI=1S/C11H14F3NS/c1-10(15-2)4-3-7-6-16-9(8(7)5-10)11(12,13)14/h6,15H,3-5H2,1-2H3. The average Bonchev–Trinajstić information content (AvgIpc) is 2.59. The molecule has 1 heterocycles. The molecule has 0 radical (unpaired) electrons. The number of likely N-dealkylation sites (N-methyl/N-ethyl adjacent to an activating group) is 1. The summed E-state index contributed by atoms with van der Waals surface area (Å²) in [6, 6.07) is 0. The van der Waals surface area contributed by atoms with Crippen molar-refractivity contribution in [2.45, 2.75) is 37.9 Å². The van der Waals surface area contributed by atoms with Crippen LogP contribution in [0.25, 0.3) is 0 Å². The minimum Gasteiger partial charge on any atom is -0.314 e. The monoisotopic (exact) mass is 249 g/mol. The molecule has 1 nitrogen and oxygen atoms in total. The summed E-state index contributed by atoms with van der Waals surface area (Å²) in [4.78, 5) is -0.413. The van der Waals surface area contributed by atoms with E-state index in [2.05, 4.69) is 5.32 Å². The van der Waals surface area contributed by atoms with Gasteiger partial charge in [0.05, 0.1) is 0 Å². The molecule has 1 atom stereocenters. The predicted molar refractivity (Wildman–Crippen MR) is 58.8 cm³/mol. The first kappa shape index (κ1) is 11.9. The van der Waals surface area contributed by atoms with Gasteiger partial charge in [-0.15, -0.1) is 11.3 Å². The Labute approximate surface area is 96.7 Å². The third-order valence-corrected chi connectivity index (χ3v) is 4.47. The van der Waals surface area contributed by atoms with Crippen LogP contribution >= 0.6 is 11.3 Å². The van der Waals surface area contributed by atoms with Crippen molar-refractivity contribution in [3.05, 3.63) is 21.4 Å². The lowest BCUT2D eigenvalue weighted by atomic mass is 9.80. The van der Waals surface area contributed by atoms with Crippen molar-refractivity contribution < 1.29 is 13.2 Å². The second-order valence-corrected chi connectivity index (χ2v) is 5.43. The number of hydrogen-bond donors (Lipinski definition) is 1. The van der Waals surface area contributed by atoms with Crippen molar-refractivity contribution in [3.8, 4) is 0 Å². The fourth-order valence-corrected chi connectivity index (χ4v) is 3.16. The van der Waals surface area contributed by atoms with Gasteiger partial charge >= 0.3 is 6.18 Å². The van der Waals surface area contributed by atoms with Crippen LogP contribution in [-0.4, -0.2) is 12.6 Å². The number of thiophene rings is 1. The lowest BCUT2D eigenvalue weighted by Crippen LogP contribution is -2.44. The zero-order valence-corrected chi connectivity index (χ0v) is 10.1. The maximum absolute atomic E-state index is 12.8. The molecule has 0 aromatic carbocycles. The summed E-state index contributed by atoms with van der Waals surface area (Å²) >= 11 is 0.831. The van der Waals surface area contributed by atoms with Crippen molar-refractivity contribution in [1.82, 2.24) is 5.32 Å². The van der Waals surface area contributed by atoms with Gasteiger partial charge in [0.1, 0.15) is 4.88 Å². The molecule has 0 aliphatic heterocycles. The Hall–Kier alpha value is -0.550. The molecule has 2 rings (SSSR count). The molecule has 1 aliphatic rings. The number of halogens is 3. The van der Waals surface area contributed by atoms with E-state index in [1.807, 2.05) is 14.0 Å². The Morgan fingerprint density at radius 1 is 1.44 bits per heavy atom. The molecule has 0 saturated carbocycles. The van der Waals surface area contributed by atoms with Gasteiger partial charge in [-0.3, -0.25) is 0 Å². The highest BCUT2D eigenvalue weighted by Gasteiger charge is 2.40. The molecular weight excluding hydrogens is 235 g/mol. The van der Waals surface area contributed by atoms with Crippen LogP contribution < -0.4 is 5.32 Å². The average molecular weight is 249 g/mol. The lowest BCUT2D eigenvalue weighted by molar-refractivity contribution is -0.135. The molecule has 90 valence electrons. The molecule has 0 amide bonds. The topological polar surface area (TPSA) is 12.0 Å². The zero-order valence-electron chi connectivity index (χ0n) is 9.24. The number of hydrogen-bond acceptors (Lipinski definition) is 2. The van der Waals surface area contributed by atoms with Crippen molar-refractivity contribution in [2.24, 2.45) is 0 Å². The van der Waals surface area contributed by atoms with E-state index in [0.29, 0.717) is 12.0 Å². The highest BCUT2D eigenvalue weighted by atomic mass is 32.1. The van der Waals surface area contributed by atoms with Crippen LogP contribution in [0, 0.1) is 0 Å². The summed E-state index contributed by atoms with van der Waals surface area (Å²) < 4.78 is 38.3. The molecule has 1 unspecified atom stereocenters. The van der Waals surface area contributed by atoms with E-state index < -0.39 is 11.1 Å². The van der Waals surface area contributed by atoms with Crippen LogP contribution in [-0.2, 0) is 19.0 Å². The highest BCUT2D eigenvalue weighted by molar-refractivity contribution is 7.10. The SMILES string of the molecule is CNC1(C)CCc2csc(C(F)(F)F)c2C1. The first-order valence-electron chi connectivity index (χ1n) is 5.21. The van der Waals surface area contributed by atoms with Crippen LogP contribution in [0.2, 0.25) is 0 Å². The minimum absolute atomic E-state index is 0.200. The Kier molecular flexibility index (Phi) is 2.78. The van der Waals surface area contributed by atoms with Gasteiger partial charge in [0.15, 0.2) is 0 Å². The summed E-state index contributed by atoms with van der Waals surface area (Å²) in [7, 11) is 1.81. The van der Waals surface area contributed by atoms with E-state index >= 15 is 0 Å². The number of nitrogens with one attached hydrogen (secondary N) is 1. The Balaban J connectivity index is 2.39. The highest BCUT2D eigenvalue weighted by Crippen LogP contribution is 2.42. The van der Waals surface area contributed by atoms with Gasteiger partial charge in [0, 0.05) is 5.54 Å². The van der Waals surface area contributed by atoms with Gasteiger partial charge in [0.2, 0.25) is 0 Å². The van der Waals surface area contributed by atoms with Crippen LogP contribution in [0.1, 0.15) is 29.3 Å². The normalized spacial score (nSPS) is 25.6. The van der Waals surface area contributed by atoms with E-state index in [4.69, 9.17) is 0 Å². The summed E-state index contributed by atoms with van der Waals surface area (Å²) in [5.41, 5.74) is 1.18. The summed E-state index contributed by atoms with van der Waals surface area (Å²) in [5.74, 6) is 0. The predicted octanol–water partition coefficient (Wildman–Crippen LogP) is 3.23. The number of fused-ring (bicyclic) bond motifs is 1. The molecule has 0 saturated heterocycles. The summed E-state index contributed by atoms with van der Waals surface area (Å²) in [6.45, 7) is 1.98. The zero-order chi connectivity index (χ0) is 12.0. The third-order valence-electron chi connectivity index (χ3n) is 3.35. The van der Waals surface area contributed by atoms with E-state index in [1.165, 1.54) is 0 Å². The first-order chi connectivity index (χ1) is 7.36. The Morgan fingerprint density at radius 2 is 2.12 bits per heavy atom. The van der Waals surface area contributed by atoms with Gasteiger partial charge in [0.25, 0.3) is 0 Å². The van der Waals surface area contributed by atoms with E-state index in [1.54, 1.807) is 5.38 Å². The second-order valence-electron chi connectivity index (χ2n) is 4.55. The van der Waals surface area contributed by atoms with Gasteiger partial charge in [-0.25, -0.2) is 0 Å². The van der Waals surface area contributed by atoms with Gasteiger partial charge in [-0.1, -0.05) is 0 Å². The Morgan fingerprint density at radius 3 is 2.69 bits per heavy atom. The Bertz CT molecular complexity index is 396. The second kappa shape index (κ2) is 3.74. The van der Waals surface area contributed by atoms with Crippen LogP contribution in [0.3, 0.4) is 0 Å². The fourth-order valence-electron chi connectivity index (χ4n) is 2.16. The van der Waals surface area contributed by atoms with Gasteiger partial charge in [-0.05, 0) is 49.7 Å². The third kappa shape index (κ3) is 1.98. The number of aryl methyl sites for hydroxylation is 1. The summed E-state index contributed by atoms with van der Waals surface area (Å²) in [5, 5.41) is 4.79. The molecule has 0 fully saturated rings. The molecule has 0 bridgehead atoms. The first-order valence-corrected chi connectivity index (χ1v) is 6.09. The molecule has 1 aromatic heterocycles. The molecule has 1 N–H and O–H groups in total. The molecule has 16 heavy (non-hydrogen) atoms. The lowest BCUT2D eigenvalue weighted by Gasteiger charge is -2.34. The van der Waals surface area contributed by atoms with E-state index in [9.17, 15) is 13.2 Å². The maximum atomic E-state index is 12.8. The quantitative estimate of drug-likeness (QED) is 0.805. The number of rotatable bonds is 1. The van der Waals surface area contributed by atoms with Crippen molar-refractivity contribution in [3.63, 3.8) is 0 Å². The molecule has 0 spiro atoms. The molecule has 1 aliphatic carbocycles. The fraction of sp³-hybridized carbons (Fsp3) is 0.636. The molecular formula is C11H14F3NS. The molecule has 1 aromatic rings. The van der Waals surface area contributed by atoms with Gasteiger partial charge < -0.3 is 5.32 Å². The van der Waals surface area contributed by atoms with E-state index in [0.717, 1.165) is 29.7 Å². The maximum Gasteiger partial charge on any atom is 0.425 e. The largest absolute Gasteiger partial charge is 0.425 e. The van der Waals surface area contributed by atoms with Crippen LogP contribution in [0.5, 0.6) is 0 Å². The summed E-state index contributed by atoms with van der Waals surface area (Å²) in [6.07, 6.45) is -2.11. The van der Waals surface area contributed by atoms with Crippen LogP contribution in [0.4, 0.5) is 13.2 Å². The number of alkyl halides is 3. The molecule has 5 heteroatoms. The van der Waals surface area contributed by atoms with E-state index in [-0.39, 0.29) is 5.54 Å². The van der Waals surface area contributed by atoms with Crippen molar-refractivity contribution in [2.75, 3.05) is 7.05 Å².